The molecule has 0 unspecified atom stereocenters. The standard InChI is InChI=1S/C49H53FN2O7/c1-34(2)52-35(3)41(27-40-25-26-43(53-4)42(50)28-40)48(51-52)59-49-47(57-32-39-23-15-8-16-24-39)46(56-31-38-21-13-7-14-22-38)45(55-30-37-19-11-6-12-20-37)44(58-49)33-54-29-36-17-9-5-10-18-36/h5-26,28,34,44-47,49H,27,29-33H2,1-4H3/t44-,45-,46+,47-,49+/m1/s1. The van der Waals surface area contributed by atoms with Crippen molar-refractivity contribution in [3.8, 4) is 11.6 Å². The highest BCUT2D eigenvalue weighted by Gasteiger charge is 2.50. The minimum Gasteiger partial charge on any atom is -0.494 e. The van der Waals surface area contributed by atoms with Gasteiger partial charge >= 0.3 is 0 Å². The molecule has 5 atom stereocenters. The second-order valence-corrected chi connectivity index (χ2v) is 15.0. The summed E-state index contributed by atoms with van der Waals surface area (Å²) in [6.45, 7) is 7.55. The van der Waals surface area contributed by atoms with E-state index in [4.69, 9.17) is 38.3 Å². The third kappa shape index (κ3) is 11.0. The van der Waals surface area contributed by atoms with Crippen LogP contribution in [0.1, 0.15) is 59.0 Å². The Balaban J connectivity index is 1.27. The summed E-state index contributed by atoms with van der Waals surface area (Å²) in [6, 6.07) is 45.0. The van der Waals surface area contributed by atoms with Crippen LogP contribution in [-0.2, 0) is 56.5 Å². The summed E-state index contributed by atoms with van der Waals surface area (Å²) in [6.07, 6.45) is -3.40. The van der Waals surface area contributed by atoms with Crippen LogP contribution in [0.4, 0.5) is 4.39 Å². The number of ether oxygens (including phenoxy) is 7. The van der Waals surface area contributed by atoms with E-state index in [-0.39, 0.29) is 25.0 Å². The van der Waals surface area contributed by atoms with Gasteiger partial charge in [0.05, 0.1) is 40.1 Å². The Bertz CT molecular complexity index is 2170. The van der Waals surface area contributed by atoms with Crippen LogP contribution in [0.25, 0.3) is 0 Å². The van der Waals surface area contributed by atoms with Crippen molar-refractivity contribution < 1.29 is 37.5 Å². The Hall–Kier alpha value is -5.36. The van der Waals surface area contributed by atoms with Crippen LogP contribution >= 0.6 is 0 Å². The maximum atomic E-state index is 15.0. The van der Waals surface area contributed by atoms with Gasteiger partial charge in [-0.15, -0.1) is 5.10 Å². The van der Waals surface area contributed by atoms with Gasteiger partial charge in [0.15, 0.2) is 11.6 Å². The van der Waals surface area contributed by atoms with E-state index in [1.54, 1.807) is 6.07 Å². The van der Waals surface area contributed by atoms with Crippen LogP contribution in [0.3, 0.4) is 0 Å². The van der Waals surface area contributed by atoms with Crippen LogP contribution in [0.2, 0.25) is 0 Å². The monoisotopic (exact) mass is 800 g/mol. The number of hydrogen-bond acceptors (Lipinski definition) is 8. The molecule has 5 aromatic carbocycles. The predicted molar refractivity (Wildman–Crippen MR) is 224 cm³/mol. The number of aromatic nitrogens is 2. The third-order valence-electron chi connectivity index (χ3n) is 10.4. The lowest BCUT2D eigenvalue weighted by atomic mass is 9.97. The van der Waals surface area contributed by atoms with Crippen molar-refractivity contribution in [3.63, 3.8) is 0 Å². The van der Waals surface area contributed by atoms with E-state index in [1.165, 1.54) is 13.2 Å². The normalized spacial score (nSPS) is 19.2. The quantitative estimate of drug-likeness (QED) is 0.0802. The fraction of sp³-hybridized carbons (Fsp3) is 0.327. The molecule has 2 heterocycles. The van der Waals surface area contributed by atoms with Crippen LogP contribution in [0, 0.1) is 12.7 Å². The Labute approximate surface area is 346 Å². The summed E-state index contributed by atoms with van der Waals surface area (Å²) >= 11 is 0. The van der Waals surface area contributed by atoms with Crippen molar-refractivity contribution in [2.24, 2.45) is 0 Å². The summed E-state index contributed by atoms with van der Waals surface area (Å²) in [7, 11) is 1.45. The zero-order chi connectivity index (χ0) is 41.0. The topological polar surface area (TPSA) is 82.4 Å². The molecular formula is C49H53FN2O7. The second-order valence-electron chi connectivity index (χ2n) is 15.0. The van der Waals surface area contributed by atoms with E-state index in [2.05, 4.69) is 13.8 Å². The lowest BCUT2D eigenvalue weighted by molar-refractivity contribution is -0.310. The van der Waals surface area contributed by atoms with Gasteiger partial charge < -0.3 is 33.2 Å². The van der Waals surface area contributed by atoms with Gasteiger partial charge in [0.25, 0.3) is 0 Å². The third-order valence-corrected chi connectivity index (χ3v) is 10.4. The molecule has 1 fully saturated rings. The number of benzene rings is 5. The minimum absolute atomic E-state index is 0.0213. The number of hydrogen-bond donors (Lipinski definition) is 0. The lowest BCUT2D eigenvalue weighted by Gasteiger charge is -2.45. The van der Waals surface area contributed by atoms with Gasteiger partial charge in [0.1, 0.15) is 24.4 Å². The van der Waals surface area contributed by atoms with Gasteiger partial charge in [-0.3, -0.25) is 4.68 Å². The molecule has 0 saturated carbocycles. The summed E-state index contributed by atoms with van der Waals surface area (Å²) < 4.78 is 63.0. The molecule has 0 aliphatic carbocycles. The molecule has 7 rings (SSSR count). The van der Waals surface area contributed by atoms with Gasteiger partial charge in [-0.05, 0) is 60.7 Å². The Morgan fingerprint density at radius 2 is 1.15 bits per heavy atom. The maximum Gasteiger partial charge on any atom is 0.239 e. The number of nitrogens with zero attached hydrogens (tertiary/aromatic N) is 2. The lowest BCUT2D eigenvalue weighted by Crippen LogP contribution is -2.62. The van der Waals surface area contributed by atoms with Crippen molar-refractivity contribution in [3.05, 3.63) is 184 Å². The molecule has 1 aromatic heterocycles. The molecule has 1 saturated heterocycles. The first kappa shape index (κ1) is 41.8. The number of methoxy groups -OCH3 is 1. The first-order valence-corrected chi connectivity index (χ1v) is 20.2. The highest BCUT2D eigenvalue weighted by molar-refractivity contribution is 5.39. The zero-order valence-electron chi connectivity index (χ0n) is 34.1. The molecule has 0 spiro atoms. The second kappa shape index (κ2) is 20.6. The SMILES string of the molecule is COc1ccc(Cc2c(O[C@@H]3O[C@H](COCc4ccccc4)[C@@H](OCc4ccccc4)[C@H](OCc4ccccc4)[C@H]3OCc3ccccc3)nn(C(C)C)c2C)cc1F. The van der Waals surface area contributed by atoms with E-state index >= 15 is 0 Å². The van der Waals surface area contributed by atoms with Gasteiger partial charge in [0, 0.05) is 23.7 Å². The Morgan fingerprint density at radius 1 is 0.644 bits per heavy atom. The van der Waals surface area contributed by atoms with E-state index in [0.29, 0.717) is 32.1 Å². The van der Waals surface area contributed by atoms with E-state index in [0.717, 1.165) is 39.1 Å². The number of halogens is 1. The van der Waals surface area contributed by atoms with Gasteiger partial charge in [-0.1, -0.05) is 127 Å². The van der Waals surface area contributed by atoms with E-state index < -0.39 is 36.5 Å². The first-order chi connectivity index (χ1) is 28.9. The van der Waals surface area contributed by atoms with Crippen molar-refractivity contribution >= 4 is 0 Å². The Kier molecular flexibility index (Phi) is 14.6. The molecule has 0 radical (unpaired) electrons. The van der Waals surface area contributed by atoms with Gasteiger partial charge in [0.2, 0.25) is 12.2 Å². The summed E-state index contributed by atoms with van der Waals surface area (Å²) in [5.41, 5.74) is 6.46. The average Bonchev–Trinajstić information content (AvgIpc) is 3.57. The molecule has 9 nitrogen and oxygen atoms in total. The molecule has 59 heavy (non-hydrogen) atoms. The fourth-order valence-electron chi connectivity index (χ4n) is 7.30. The van der Waals surface area contributed by atoms with Crippen LogP contribution in [0.15, 0.2) is 140 Å². The van der Waals surface area contributed by atoms with Crippen molar-refractivity contribution in [2.75, 3.05) is 13.7 Å². The first-order valence-electron chi connectivity index (χ1n) is 20.2. The van der Waals surface area contributed by atoms with Crippen LogP contribution in [-0.4, -0.2) is 54.2 Å². The summed E-state index contributed by atoms with van der Waals surface area (Å²) in [4.78, 5) is 0. The highest BCUT2D eigenvalue weighted by atomic mass is 19.1. The van der Waals surface area contributed by atoms with E-state index in [9.17, 15) is 4.39 Å². The maximum absolute atomic E-state index is 15.0. The van der Waals surface area contributed by atoms with Crippen molar-refractivity contribution in [2.45, 2.75) is 90.4 Å². The predicted octanol–water partition coefficient (Wildman–Crippen LogP) is 9.59. The average molecular weight is 801 g/mol. The molecule has 1 aliphatic rings. The molecule has 0 amide bonds. The molecule has 1 aliphatic heterocycles. The fourth-order valence-corrected chi connectivity index (χ4v) is 7.30. The molecular weight excluding hydrogens is 748 g/mol. The largest absolute Gasteiger partial charge is 0.494 e. The zero-order valence-corrected chi connectivity index (χ0v) is 34.1. The summed E-state index contributed by atoms with van der Waals surface area (Å²) in [5, 5.41) is 4.99. The van der Waals surface area contributed by atoms with Gasteiger partial charge in [-0.2, -0.15) is 0 Å². The molecule has 0 N–H and O–H groups in total. The van der Waals surface area contributed by atoms with Gasteiger partial charge in [-0.25, -0.2) is 4.39 Å². The highest BCUT2D eigenvalue weighted by Crippen LogP contribution is 2.35. The molecule has 6 aromatic rings. The molecule has 10 heteroatoms. The number of rotatable bonds is 19. The smallest absolute Gasteiger partial charge is 0.239 e. The van der Waals surface area contributed by atoms with Crippen LogP contribution < -0.4 is 9.47 Å². The van der Waals surface area contributed by atoms with Crippen molar-refractivity contribution in [1.82, 2.24) is 9.78 Å². The minimum atomic E-state index is -1.01. The Morgan fingerprint density at radius 3 is 1.66 bits per heavy atom. The molecule has 308 valence electrons. The molecule has 0 bridgehead atoms. The van der Waals surface area contributed by atoms with Crippen molar-refractivity contribution in [1.29, 1.82) is 0 Å². The van der Waals surface area contributed by atoms with Crippen LogP contribution in [0.5, 0.6) is 11.6 Å². The summed E-state index contributed by atoms with van der Waals surface area (Å²) in [5.74, 6) is 0.102. The van der Waals surface area contributed by atoms with E-state index in [1.807, 2.05) is 139 Å².